The number of ether oxygens (including phenoxy) is 1. The molecule has 11 heavy (non-hydrogen) atoms. The lowest BCUT2D eigenvalue weighted by Gasteiger charge is -2.16. The van der Waals surface area contributed by atoms with Crippen molar-refractivity contribution in [3.63, 3.8) is 0 Å². The van der Waals surface area contributed by atoms with Gasteiger partial charge in [0.25, 0.3) is 0 Å². The fourth-order valence-electron chi connectivity index (χ4n) is 0.760. The number of rotatable bonds is 5. The van der Waals surface area contributed by atoms with Crippen LogP contribution in [0.2, 0.25) is 0 Å². The van der Waals surface area contributed by atoms with Crippen LogP contribution in [-0.2, 0) is 4.74 Å². The van der Waals surface area contributed by atoms with Gasteiger partial charge in [-0.25, -0.2) is 0 Å². The van der Waals surface area contributed by atoms with Crippen LogP contribution in [0.15, 0.2) is 0 Å². The van der Waals surface area contributed by atoms with E-state index in [1.54, 1.807) is 7.11 Å². The monoisotopic (exact) mass is 161 g/mol. The van der Waals surface area contributed by atoms with Crippen molar-refractivity contribution in [2.75, 3.05) is 33.4 Å². The molecular formula is C9H23NO. The van der Waals surface area contributed by atoms with E-state index in [9.17, 15) is 0 Å². The summed E-state index contributed by atoms with van der Waals surface area (Å²) in [6, 6.07) is 0. The number of likely N-dealkylation sites (N-methyl/N-ethyl adjacent to an activating group) is 1. The van der Waals surface area contributed by atoms with Crippen molar-refractivity contribution >= 4 is 0 Å². The molecule has 70 valence electrons. The molecule has 2 heteroatoms. The highest BCUT2D eigenvalue weighted by molar-refractivity contribution is 4.48. The molecule has 0 aliphatic rings. The third kappa shape index (κ3) is 9.92. The molecule has 0 fully saturated rings. The maximum atomic E-state index is 4.93. The SMILES string of the molecule is CC.CCN(CC)CCOC. The largest absolute Gasteiger partial charge is 0.383 e. The van der Waals surface area contributed by atoms with Crippen LogP contribution in [0.3, 0.4) is 0 Å². The molecule has 0 aliphatic heterocycles. The average molecular weight is 161 g/mol. The topological polar surface area (TPSA) is 12.5 Å². The number of hydrogen-bond acceptors (Lipinski definition) is 2. The highest BCUT2D eigenvalue weighted by Crippen LogP contribution is 1.84. The lowest BCUT2D eigenvalue weighted by Crippen LogP contribution is -2.26. The second kappa shape index (κ2) is 12.6. The predicted octanol–water partition coefficient (Wildman–Crippen LogP) is 2.00. The second-order valence-electron chi connectivity index (χ2n) is 2.02. The van der Waals surface area contributed by atoms with Crippen LogP contribution in [0, 0.1) is 0 Å². The van der Waals surface area contributed by atoms with Gasteiger partial charge in [0.05, 0.1) is 6.61 Å². The van der Waals surface area contributed by atoms with Crippen LogP contribution >= 0.6 is 0 Å². The van der Waals surface area contributed by atoms with Crippen molar-refractivity contribution in [2.24, 2.45) is 0 Å². The molecular weight excluding hydrogens is 138 g/mol. The van der Waals surface area contributed by atoms with Crippen LogP contribution in [0.5, 0.6) is 0 Å². The Balaban J connectivity index is 0. The van der Waals surface area contributed by atoms with Gasteiger partial charge in [0.2, 0.25) is 0 Å². The molecule has 0 atom stereocenters. The Kier molecular flexibility index (Phi) is 15.4. The van der Waals surface area contributed by atoms with E-state index < -0.39 is 0 Å². The van der Waals surface area contributed by atoms with Crippen molar-refractivity contribution in [3.05, 3.63) is 0 Å². The number of hydrogen-bond donors (Lipinski definition) is 0. The summed E-state index contributed by atoms with van der Waals surface area (Å²) in [5.41, 5.74) is 0. The molecule has 0 amide bonds. The first-order valence-corrected chi connectivity index (χ1v) is 4.56. The Labute approximate surface area is 71.5 Å². The van der Waals surface area contributed by atoms with Crippen LogP contribution < -0.4 is 0 Å². The van der Waals surface area contributed by atoms with Gasteiger partial charge in [0, 0.05) is 13.7 Å². The Morgan fingerprint density at radius 1 is 1.09 bits per heavy atom. The molecule has 0 unspecified atom stereocenters. The van der Waals surface area contributed by atoms with Crippen LogP contribution in [0.4, 0.5) is 0 Å². The Bertz CT molecular complexity index is 53.5. The van der Waals surface area contributed by atoms with Gasteiger partial charge in [0.1, 0.15) is 0 Å². The molecule has 0 aromatic rings. The maximum absolute atomic E-state index is 4.93. The molecule has 0 rings (SSSR count). The van der Waals surface area contributed by atoms with Gasteiger partial charge in [-0.3, -0.25) is 0 Å². The summed E-state index contributed by atoms with van der Waals surface area (Å²) < 4.78 is 4.93. The van der Waals surface area contributed by atoms with E-state index in [1.807, 2.05) is 13.8 Å². The minimum atomic E-state index is 0.849. The van der Waals surface area contributed by atoms with Crippen molar-refractivity contribution in [1.82, 2.24) is 4.90 Å². The molecule has 0 saturated heterocycles. The first kappa shape index (κ1) is 13.5. The van der Waals surface area contributed by atoms with Crippen molar-refractivity contribution in [1.29, 1.82) is 0 Å². The zero-order valence-corrected chi connectivity index (χ0v) is 8.68. The normalized spacial score (nSPS) is 9.27. The molecule has 0 heterocycles. The fraction of sp³-hybridized carbons (Fsp3) is 1.00. The van der Waals surface area contributed by atoms with E-state index in [0.717, 1.165) is 26.2 Å². The summed E-state index contributed by atoms with van der Waals surface area (Å²) in [5, 5.41) is 0. The van der Waals surface area contributed by atoms with Crippen LogP contribution in [0.1, 0.15) is 27.7 Å². The van der Waals surface area contributed by atoms with E-state index in [-0.39, 0.29) is 0 Å². The molecule has 2 nitrogen and oxygen atoms in total. The zero-order valence-electron chi connectivity index (χ0n) is 8.68. The van der Waals surface area contributed by atoms with Gasteiger partial charge in [0.15, 0.2) is 0 Å². The van der Waals surface area contributed by atoms with Gasteiger partial charge >= 0.3 is 0 Å². The van der Waals surface area contributed by atoms with E-state index in [1.165, 1.54) is 0 Å². The first-order valence-electron chi connectivity index (χ1n) is 4.56. The summed E-state index contributed by atoms with van der Waals surface area (Å²) >= 11 is 0. The first-order chi connectivity index (χ1) is 5.35. The average Bonchev–Trinajstić information content (AvgIpc) is 2.10. The van der Waals surface area contributed by atoms with Crippen molar-refractivity contribution in [2.45, 2.75) is 27.7 Å². The van der Waals surface area contributed by atoms with E-state index in [0.29, 0.717) is 0 Å². The van der Waals surface area contributed by atoms with Gasteiger partial charge in [-0.2, -0.15) is 0 Å². The Morgan fingerprint density at radius 2 is 1.55 bits per heavy atom. The zero-order chi connectivity index (χ0) is 9.11. The molecule has 0 aromatic heterocycles. The third-order valence-electron chi connectivity index (χ3n) is 1.51. The minimum absolute atomic E-state index is 0.849. The number of nitrogens with zero attached hydrogens (tertiary/aromatic N) is 1. The maximum Gasteiger partial charge on any atom is 0.0589 e. The molecule has 0 aliphatic carbocycles. The summed E-state index contributed by atoms with van der Waals surface area (Å²) in [4.78, 5) is 2.34. The van der Waals surface area contributed by atoms with Crippen molar-refractivity contribution < 1.29 is 4.74 Å². The summed E-state index contributed by atoms with van der Waals surface area (Å²) in [6.45, 7) is 12.5. The molecule has 0 spiro atoms. The van der Waals surface area contributed by atoms with Gasteiger partial charge in [-0.15, -0.1) is 0 Å². The predicted molar refractivity (Wildman–Crippen MR) is 51.0 cm³/mol. The summed E-state index contributed by atoms with van der Waals surface area (Å²) in [6.07, 6.45) is 0. The second-order valence-corrected chi connectivity index (χ2v) is 2.02. The smallest absolute Gasteiger partial charge is 0.0589 e. The highest BCUT2D eigenvalue weighted by atomic mass is 16.5. The Hall–Kier alpha value is -0.0800. The van der Waals surface area contributed by atoms with Crippen molar-refractivity contribution in [3.8, 4) is 0 Å². The summed E-state index contributed by atoms with van der Waals surface area (Å²) in [7, 11) is 1.74. The van der Waals surface area contributed by atoms with Crippen LogP contribution in [0.25, 0.3) is 0 Å². The molecule has 0 aromatic carbocycles. The Morgan fingerprint density at radius 3 is 1.82 bits per heavy atom. The summed E-state index contributed by atoms with van der Waals surface area (Å²) in [5.74, 6) is 0. The quantitative estimate of drug-likeness (QED) is 0.611. The van der Waals surface area contributed by atoms with E-state index in [4.69, 9.17) is 4.74 Å². The molecule has 0 radical (unpaired) electrons. The van der Waals surface area contributed by atoms with Crippen LogP contribution in [-0.4, -0.2) is 38.3 Å². The van der Waals surface area contributed by atoms with Gasteiger partial charge in [-0.1, -0.05) is 27.7 Å². The standard InChI is InChI=1S/C7H17NO.C2H6/c1-4-8(5-2)6-7-9-3;1-2/h4-7H2,1-3H3;1-2H3. The third-order valence-corrected chi connectivity index (χ3v) is 1.51. The van der Waals surface area contributed by atoms with E-state index >= 15 is 0 Å². The lowest BCUT2D eigenvalue weighted by atomic mass is 10.5. The van der Waals surface area contributed by atoms with E-state index in [2.05, 4.69) is 18.7 Å². The highest BCUT2D eigenvalue weighted by Gasteiger charge is 1.95. The van der Waals surface area contributed by atoms with Gasteiger partial charge in [-0.05, 0) is 13.1 Å². The fourth-order valence-corrected chi connectivity index (χ4v) is 0.760. The molecule has 0 N–H and O–H groups in total. The minimum Gasteiger partial charge on any atom is -0.383 e. The molecule has 0 saturated carbocycles. The van der Waals surface area contributed by atoms with Gasteiger partial charge < -0.3 is 9.64 Å². The number of methoxy groups -OCH3 is 1. The molecule has 0 bridgehead atoms. The lowest BCUT2D eigenvalue weighted by molar-refractivity contribution is 0.154.